The molecule has 0 unspecified atom stereocenters. The van der Waals surface area contributed by atoms with Crippen LogP contribution in [-0.2, 0) is 11.3 Å². The van der Waals surface area contributed by atoms with E-state index in [0.717, 1.165) is 10.2 Å². The van der Waals surface area contributed by atoms with Crippen molar-refractivity contribution >= 4 is 23.3 Å². The Morgan fingerprint density at radius 2 is 1.90 bits per heavy atom. The number of nitro groups is 1. The van der Waals surface area contributed by atoms with E-state index in [2.05, 4.69) is 10.4 Å². The van der Waals surface area contributed by atoms with Crippen molar-refractivity contribution in [2.45, 2.75) is 13.5 Å². The molecule has 0 atom stereocenters. The fourth-order valence-corrected chi connectivity index (χ4v) is 2.47. The second-order valence-electron chi connectivity index (χ2n) is 6.14. The molecule has 0 radical (unpaired) electrons. The molecular weight excluding hydrogens is 380 g/mol. The van der Waals surface area contributed by atoms with Crippen LogP contribution in [0.25, 0.3) is 0 Å². The van der Waals surface area contributed by atoms with Crippen LogP contribution in [0, 0.1) is 17.0 Å². The molecule has 2 N–H and O–H groups in total. The molecule has 0 aliphatic rings. The van der Waals surface area contributed by atoms with E-state index in [1.54, 1.807) is 12.1 Å². The molecule has 0 fully saturated rings. The average molecular weight is 396 g/mol. The molecule has 3 rings (SSSR count). The molecule has 0 aliphatic carbocycles. The van der Waals surface area contributed by atoms with Crippen molar-refractivity contribution in [3.05, 3.63) is 76.1 Å². The Morgan fingerprint density at radius 1 is 1.17 bits per heavy atom. The molecule has 0 spiro atoms. The Kier molecular flexibility index (Phi) is 5.54. The maximum Gasteiger partial charge on any atom is 0.356 e. The van der Waals surface area contributed by atoms with E-state index in [0.29, 0.717) is 5.75 Å². The first-order valence-electron chi connectivity index (χ1n) is 8.41. The molecule has 0 bridgehead atoms. The van der Waals surface area contributed by atoms with E-state index < -0.39 is 16.8 Å². The molecule has 1 heterocycles. The normalized spacial score (nSPS) is 10.4. The van der Waals surface area contributed by atoms with Gasteiger partial charge in [0.2, 0.25) is 5.91 Å². The number of aromatic nitrogens is 2. The van der Waals surface area contributed by atoms with E-state index in [4.69, 9.17) is 9.84 Å². The first-order valence-corrected chi connectivity index (χ1v) is 8.41. The summed E-state index contributed by atoms with van der Waals surface area (Å²) in [4.78, 5) is 33.7. The number of benzene rings is 2. The van der Waals surface area contributed by atoms with Gasteiger partial charge in [0.05, 0.1) is 16.7 Å². The van der Waals surface area contributed by atoms with Crippen molar-refractivity contribution in [2.24, 2.45) is 0 Å². The number of aromatic carboxylic acids is 1. The monoisotopic (exact) mass is 396 g/mol. The van der Waals surface area contributed by atoms with Crippen LogP contribution < -0.4 is 10.1 Å². The number of carboxylic acids is 1. The fraction of sp³-hybridized carbons (Fsp3) is 0.105. The Bertz CT molecular complexity index is 1070. The van der Waals surface area contributed by atoms with Crippen LogP contribution in [0.4, 0.5) is 11.4 Å². The molecule has 148 valence electrons. The van der Waals surface area contributed by atoms with Gasteiger partial charge in [-0.15, -0.1) is 0 Å². The summed E-state index contributed by atoms with van der Waals surface area (Å²) in [7, 11) is 0. The van der Waals surface area contributed by atoms with Crippen molar-refractivity contribution in [1.29, 1.82) is 0 Å². The topological polar surface area (TPSA) is 137 Å². The number of nitrogens with one attached hydrogen (secondary N) is 1. The number of nitrogens with zero attached hydrogens (tertiary/aromatic N) is 3. The van der Waals surface area contributed by atoms with Crippen molar-refractivity contribution in [3.8, 4) is 11.5 Å². The van der Waals surface area contributed by atoms with Crippen LogP contribution in [-0.4, -0.2) is 31.7 Å². The molecule has 1 amide bonds. The summed E-state index contributed by atoms with van der Waals surface area (Å²) in [6.45, 7) is 1.66. The minimum atomic E-state index is -1.21. The maximum atomic E-state index is 12.2. The van der Waals surface area contributed by atoms with Crippen molar-refractivity contribution in [1.82, 2.24) is 9.78 Å². The van der Waals surface area contributed by atoms with Crippen LogP contribution in [0.2, 0.25) is 0 Å². The molecule has 0 aliphatic heterocycles. The van der Waals surface area contributed by atoms with Gasteiger partial charge in [0.15, 0.2) is 5.69 Å². The van der Waals surface area contributed by atoms with Crippen molar-refractivity contribution in [3.63, 3.8) is 0 Å². The molecule has 1 aromatic heterocycles. The van der Waals surface area contributed by atoms with Crippen molar-refractivity contribution in [2.75, 3.05) is 5.32 Å². The second kappa shape index (κ2) is 8.21. The number of hydrogen-bond acceptors (Lipinski definition) is 6. The first-order chi connectivity index (χ1) is 13.8. The van der Waals surface area contributed by atoms with Crippen molar-refractivity contribution < 1.29 is 24.4 Å². The van der Waals surface area contributed by atoms with Crippen LogP contribution >= 0.6 is 0 Å². The number of ether oxygens (including phenoxy) is 1. The maximum absolute atomic E-state index is 12.2. The van der Waals surface area contributed by atoms with Gasteiger partial charge < -0.3 is 15.2 Å². The number of amides is 1. The van der Waals surface area contributed by atoms with Crippen LogP contribution in [0.1, 0.15) is 16.1 Å². The highest BCUT2D eigenvalue weighted by Crippen LogP contribution is 2.30. The zero-order chi connectivity index (χ0) is 21.0. The number of non-ortho nitro benzene ring substituents is 1. The molecular formula is C19H16N4O6. The number of rotatable bonds is 7. The van der Waals surface area contributed by atoms with Crippen LogP contribution in [0.3, 0.4) is 0 Å². The second-order valence-corrected chi connectivity index (χ2v) is 6.14. The number of carboxylic acid groups (broad SMARTS) is 1. The molecule has 2 aromatic carbocycles. The smallest absolute Gasteiger partial charge is 0.356 e. The number of carbonyl (C=O) groups excluding carboxylic acids is 1. The van der Waals surface area contributed by atoms with Gasteiger partial charge in [0.25, 0.3) is 5.69 Å². The van der Waals surface area contributed by atoms with Gasteiger partial charge in [-0.3, -0.25) is 19.6 Å². The fourth-order valence-electron chi connectivity index (χ4n) is 2.47. The highest BCUT2D eigenvalue weighted by molar-refractivity contribution is 5.91. The molecule has 0 saturated carbocycles. The third-order valence-corrected chi connectivity index (χ3v) is 3.81. The van der Waals surface area contributed by atoms with Gasteiger partial charge in [-0.2, -0.15) is 5.10 Å². The lowest BCUT2D eigenvalue weighted by Gasteiger charge is -2.10. The summed E-state index contributed by atoms with van der Waals surface area (Å²) < 4.78 is 6.81. The summed E-state index contributed by atoms with van der Waals surface area (Å²) in [5, 5.41) is 26.3. The Hall–Kier alpha value is -4.21. The van der Waals surface area contributed by atoms with Crippen LogP contribution in [0.15, 0.2) is 54.7 Å². The number of hydrogen-bond donors (Lipinski definition) is 2. The molecule has 10 nitrogen and oxygen atoms in total. The van der Waals surface area contributed by atoms with Gasteiger partial charge in [0, 0.05) is 18.3 Å². The SMILES string of the molecule is Cc1ccc(Oc2cc(NC(=O)Cn3ccc(C(=O)O)n3)cc([N+](=O)[O-])c2)cc1. The van der Waals surface area contributed by atoms with E-state index in [1.165, 1.54) is 30.5 Å². The van der Waals surface area contributed by atoms with E-state index in [9.17, 15) is 19.7 Å². The zero-order valence-corrected chi connectivity index (χ0v) is 15.2. The van der Waals surface area contributed by atoms with Gasteiger partial charge >= 0.3 is 5.97 Å². The minimum absolute atomic E-state index is 0.164. The standard InChI is InChI=1S/C19H16N4O6/c1-12-2-4-15(5-3-12)29-16-9-13(8-14(10-16)23(27)28)20-18(24)11-22-7-6-17(21-22)19(25)26/h2-10H,11H2,1H3,(H,20,24)(H,25,26). The highest BCUT2D eigenvalue weighted by Gasteiger charge is 2.14. The van der Waals surface area contributed by atoms with E-state index in [1.807, 2.05) is 19.1 Å². The van der Waals surface area contributed by atoms with Crippen LogP contribution in [0.5, 0.6) is 11.5 Å². The molecule has 29 heavy (non-hydrogen) atoms. The number of nitro benzene ring substituents is 1. The van der Waals surface area contributed by atoms with Gasteiger partial charge in [-0.25, -0.2) is 4.79 Å². The number of carbonyl (C=O) groups is 2. The summed E-state index contributed by atoms with van der Waals surface area (Å²) in [5.74, 6) is -1.07. The quantitative estimate of drug-likeness (QED) is 0.462. The van der Waals surface area contributed by atoms with Gasteiger partial charge in [-0.05, 0) is 25.1 Å². The molecule has 0 saturated heterocycles. The minimum Gasteiger partial charge on any atom is -0.476 e. The molecule has 10 heteroatoms. The zero-order valence-electron chi connectivity index (χ0n) is 15.2. The lowest BCUT2D eigenvalue weighted by molar-refractivity contribution is -0.384. The largest absolute Gasteiger partial charge is 0.476 e. The van der Waals surface area contributed by atoms with E-state index >= 15 is 0 Å². The number of aryl methyl sites for hydroxylation is 1. The predicted molar refractivity (Wildman–Crippen MR) is 102 cm³/mol. The third kappa shape index (κ3) is 5.16. The summed E-state index contributed by atoms with van der Waals surface area (Å²) >= 11 is 0. The van der Waals surface area contributed by atoms with Gasteiger partial charge in [0.1, 0.15) is 18.0 Å². The lowest BCUT2D eigenvalue weighted by Crippen LogP contribution is -2.19. The summed E-state index contributed by atoms with van der Waals surface area (Å²) in [6, 6.07) is 12.3. The Morgan fingerprint density at radius 3 is 2.52 bits per heavy atom. The average Bonchev–Trinajstić information content (AvgIpc) is 3.12. The Balaban J connectivity index is 1.77. The molecule has 3 aromatic rings. The summed E-state index contributed by atoms with van der Waals surface area (Å²) in [6.07, 6.45) is 1.35. The number of anilines is 1. The lowest BCUT2D eigenvalue weighted by atomic mass is 10.2. The third-order valence-electron chi connectivity index (χ3n) is 3.81. The first kappa shape index (κ1) is 19.5. The van der Waals surface area contributed by atoms with E-state index in [-0.39, 0.29) is 29.4 Å². The highest BCUT2D eigenvalue weighted by atomic mass is 16.6. The summed E-state index contributed by atoms with van der Waals surface area (Å²) in [5.41, 5.74) is 0.755. The van der Waals surface area contributed by atoms with Gasteiger partial charge in [-0.1, -0.05) is 17.7 Å². The Labute approximate surface area is 164 Å². The predicted octanol–water partition coefficient (Wildman–Crippen LogP) is 3.23.